The molecule has 0 spiro atoms. The largest absolute Gasteiger partial charge is 0.540 e. The van der Waals surface area contributed by atoms with Crippen LogP contribution in [0.5, 0.6) is 11.8 Å². The molecular formula is C66H88N8O10V2-2. The fraction of sp³-hybridized carbons (Fsp3) is 0.667. The molecule has 86 heavy (non-hydrogen) atoms. The number of carbonyl (C=O) groups excluding carboxylic acids is 6. The maximum absolute atomic E-state index is 14.1. The van der Waals surface area contributed by atoms with E-state index in [1.165, 1.54) is 16.2 Å². The average Bonchev–Trinajstić information content (AvgIpc) is 1.86. The monoisotopic (exact) mass is 1250 g/mol. The van der Waals surface area contributed by atoms with Gasteiger partial charge in [0, 0.05) is 37.1 Å². The molecule has 11 rings (SSSR count). The molecule has 3 saturated carbocycles. The molecule has 4 bridgehead atoms. The summed E-state index contributed by atoms with van der Waals surface area (Å²) in [5, 5.41) is 5.80. The van der Waals surface area contributed by atoms with Gasteiger partial charge in [0.25, 0.3) is 0 Å². The van der Waals surface area contributed by atoms with Crippen molar-refractivity contribution in [3.05, 3.63) is 59.9 Å². The third-order valence-electron chi connectivity index (χ3n) is 19.6. The van der Waals surface area contributed by atoms with Crippen molar-refractivity contribution >= 4 is 58.6 Å². The van der Waals surface area contributed by atoms with Gasteiger partial charge in [0.2, 0.25) is 23.6 Å². The number of aromatic nitrogens is 4. The molecule has 14 atom stereocenters. The van der Waals surface area contributed by atoms with Gasteiger partial charge in [-0.3, -0.25) is 9.59 Å². The van der Waals surface area contributed by atoms with Gasteiger partial charge in [0.15, 0.2) is 0 Å². The van der Waals surface area contributed by atoms with E-state index >= 15 is 0 Å². The summed E-state index contributed by atoms with van der Waals surface area (Å²) in [5.74, 6) is 1.64. The number of carbonyl (C=O) groups is 4. The number of aryl methyl sites for hydroxylation is 2. The van der Waals surface area contributed by atoms with Crippen molar-refractivity contribution in [3.8, 4) is 11.8 Å². The van der Waals surface area contributed by atoms with Crippen LogP contribution in [0.3, 0.4) is 0 Å². The summed E-state index contributed by atoms with van der Waals surface area (Å²) >= 11 is 0. The molecule has 18 nitrogen and oxygen atoms in total. The summed E-state index contributed by atoms with van der Waals surface area (Å²) < 4.78 is 25.3. The van der Waals surface area contributed by atoms with E-state index in [1.807, 2.05) is 111 Å². The number of fused-ring (bicyclic) bond motifs is 12. The third-order valence-corrected chi connectivity index (χ3v) is 19.6. The zero-order valence-electron chi connectivity index (χ0n) is 51.7. The van der Waals surface area contributed by atoms with Crippen LogP contribution >= 0.6 is 0 Å². The summed E-state index contributed by atoms with van der Waals surface area (Å²) in [4.78, 5) is 102. The van der Waals surface area contributed by atoms with E-state index in [1.54, 1.807) is 0 Å². The second kappa shape index (κ2) is 28.0. The van der Waals surface area contributed by atoms with Crippen LogP contribution in [0.25, 0.3) is 22.1 Å². The van der Waals surface area contributed by atoms with E-state index in [0.29, 0.717) is 42.4 Å². The van der Waals surface area contributed by atoms with Crippen LogP contribution in [0.15, 0.2) is 48.5 Å². The van der Waals surface area contributed by atoms with Crippen LogP contribution < -0.4 is 20.1 Å². The molecule has 4 amide bonds. The van der Waals surface area contributed by atoms with Crippen molar-refractivity contribution < 1.29 is 84.8 Å². The van der Waals surface area contributed by atoms with Gasteiger partial charge in [-0.1, -0.05) is 130 Å². The Balaban J connectivity index is 0.000000218. The summed E-state index contributed by atoms with van der Waals surface area (Å²) in [6, 6.07) is 12.2. The quantitative estimate of drug-likeness (QED) is 0.182. The first-order valence-corrected chi connectivity index (χ1v) is 31.4. The number of alkyl carbamates (subject to hydrolysis) is 2. The first-order chi connectivity index (χ1) is 40.2. The predicted molar refractivity (Wildman–Crippen MR) is 317 cm³/mol. The number of ether oxygens (including phenoxy) is 4. The van der Waals surface area contributed by atoms with Crippen LogP contribution in [-0.2, 0) is 78.6 Å². The van der Waals surface area contributed by atoms with E-state index < -0.39 is 65.0 Å². The van der Waals surface area contributed by atoms with Crippen molar-refractivity contribution in [2.75, 3.05) is 13.1 Å². The average molecular weight is 1260 g/mol. The fourth-order valence-electron chi connectivity index (χ4n) is 14.7. The number of rotatable bonds is 4. The van der Waals surface area contributed by atoms with Gasteiger partial charge in [-0.2, -0.15) is 0 Å². The topological polar surface area (TPSA) is 221 Å². The molecule has 3 aliphatic carbocycles. The zero-order chi connectivity index (χ0) is 59.7. The summed E-state index contributed by atoms with van der Waals surface area (Å²) in [6.07, 6.45) is 17.7. The van der Waals surface area contributed by atoms with Crippen LogP contribution in [0.4, 0.5) is 9.59 Å². The van der Waals surface area contributed by atoms with Crippen molar-refractivity contribution in [2.45, 2.75) is 220 Å². The molecule has 4 aliphatic heterocycles. The van der Waals surface area contributed by atoms with Crippen LogP contribution in [0.1, 0.15) is 170 Å². The molecule has 20 heteroatoms. The Morgan fingerprint density at radius 3 is 1.49 bits per heavy atom. The molecule has 2 aromatic carbocycles. The van der Waals surface area contributed by atoms with E-state index in [-0.39, 0.29) is 85.9 Å². The van der Waals surface area contributed by atoms with E-state index in [0.717, 1.165) is 123 Å². The molecule has 7 aliphatic rings. The second-order valence-electron chi connectivity index (χ2n) is 27.4. The van der Waals surface area contributed by atoms with Crippen LogP contribution in [-0.4, -0.2) is 127 Å². The SMILES string of the molecule is CC[C@@H]1[C@@H]2CN(C(=O)[C@H](C(C)(C)C)NC(=O)O[C@@H]3CC4CC4[C@H]3CCCCCc3nc4ccccc4nc3O2)[C@@H]1[C-]=O.CC[C@@H]1[C@@H]2CN(C(=O)[C@H](C(C)(C)C)NC(=O)O[C@]3(C)CCC[C@H]3CCCCCc3nc4ccccc4nc3O2)[C@@H]1[C-]=O.[V].[V]. The van der Waals surface area contributed by atoms with Crippen LogP contribution in [0.2, 0.25) is 0 Å². The molecule has 6 heterocycles. The number of hydrogen-bond acceptors (Lipinski definition) is 14. The number of nitrogens with one attached hydrogen (secondary N) is 2. The van der Waals surface area contributed by atoms with Gasteiger partial charge in [-0.15, -0.1) is 0 Å². The van der Waals surface area contributed by atoms with Crippen LogP contribution in [0, 0.1) is 46.3 Å². The number of nitrogens with zero attached hydrogens (tertiary/aromatic N) is 6. The van der Waals surface area contributed by atoms with E-state index in [2.05, 4.69) is 23.2 Å². The zero-order valence-corrected chi connectivity index (χ0v) is 54.5. The Kier molecular flexibility index (Phi) is 21.7. The number of hydrogen-bond donors (Lipinski definition) is 2. The smallest absolute Gasteiger partial charge is 0.408 e. The molecular weight excluding hydrogens is 1170 g/mol. The summed E-state index contributed by atoms with van der Waals surface area (Å²) in [5.41, 5.74) is 2.93. The molecule has 2 radical (unpaired) electrons. The van der Waals surface area contributed by atoms with Crippen molar-refractivity contribution in [2.24, 2.45) is 46.3 Å². The van der Waals surface area contributed by atoms with Gasteiger partial charge in [0.1, 0.15) is 47.4 Å². The normalized spacial score (nSPS) is 31.8. The van der Waals surface area contributed by atoms with Crippen molar-refractivity contribution in [1.29, 1.82) is 0 Å². The standard InChI is InChI=1S/C33H43N4O5.C33H45N4O5.2V/c1-5-20-26(18-38)37-17-28(20)41-30-25(34-23-12-9-10-13-24(23)35-30)14-8-6-7-11-21-22-15-19(22)16-27(21)42-32(40)36-29(31(37)39)33(2,3)4;1-6-22-26(20-38)37-19-27(22)41-29-25(34-23-15-10-11-16-24(23)35-29)17-9-7-8-13-21-14-12-18-33(21,5)42-31(40)36-28(30(37)39)32(2,3)4;;/h9-10,12-13,19-22,26-29H,5-8,11,14-17H2,1-4H3,(H,36,40);10-11,15-16,21-22,26-28H,6-9,12-14,17-19H2,1-5H3,(H,36,40);;/q2*-1;;/t19?,20-,21+,22?,26+,27+,28-,29+;21-,22+,26-,27+,28-,33-;;/m01../s1. The third kappa shape index (κ3) is 14.6. The van der Waals surface area contributed by atoms with E-state index in [9.17, 15) is 28.8 Å². The predicted octanol–water partition coefficient (Wildman–Crippen LogP) is 10.5. The van der Waals surface area contributed by atoms with Gasteiger partial charge < -0.3 is 49.0 Å². The molecule has 4 aromatic rings. The minimum Gasteiger partial charge on any atom is -0.540 e. The first kappa shape index (κ1) is 66.7. The van der Waals surface area contributed by atoms with Crippen molar-refractivity contribution in [1.82, 2.24) is 40.4 Å². The Bertz CT molecular complexity index is 2970. The fourth-order valence-corrected chi connectivity index (χ4v) is 14.7. The number of amides is 4. The molecule has 464 valence electrons. The Labute approximate surface area is 531 Å². The minimum atomic E-state index is -0.893. The Hall–Kier alpha value is -5.29. The molecule has 2 aromatic heterocycles. The second-order valence-corrected chi connectivity index (χ2v) is 27.4. The minimum absolute atomic E-state index is 0. The maximum atomic E-state index is 14.1. The molecule has 2 N–H and O–H groups in total. The van der Waals surface area contributed by atoms with Gasteiger partial charge in [0.05, 0.1) is 35.2 Å². The first-order valence-electron chi connectivity index (χ1n) is 31.4. The summed E-state index contributed by atoms with van der Waals surface area (Å²) in [7, 11) is 0. The molecule has 2 saturated heterocycles. The van der Waals surface area contributed by atoms with Gasteiger partial charge >= 0.3 is 12.2 Å². The Morgan fingerprint density at radius 1 is 0.570 bits per heavy atom. The van der Waals surface area contributed by atoms with Gasteiger partial charge in [-0.25, -0.2) is 42.1 Å². The van der Waals surface area contributed by atoms with E-state index in [4.69, 9.17) is 38.9 Å². The van der Waals surface area contributed by atoms with Gasteiger partial charge in [-0.05, 0) is 148 Å². The molecule has 2 unspecified atom stereocenters. The maximum Gasteiger partial charge on any atom is 0.408 e. The molecule has 5 fully saturated rings. The summed E-state index contributed by atoms with van der Waals surface area (Å²) in [6.45, 7) is 17.8. The van der Waals surface area contributed by atoms with Crippen molar-refractivity contribution in [3.63, 3.8) is 0 Å². The number of para-hydroxylation sites is 4. The Morgan fingerprint density at radius 2 is 1.02 bits per heavy atom. The number of benzene rings is 2.